The number of thiophene rings is 1. The maximum absolute atomic E-state index is 12.9. The van der Waals surface area contributed by atoms with E-state index in [1.54, 1.807) is 11.3 Å². The van der Waals surface area contributed by atoms with Crippen molar-refractivity contribution in [2.45, 2.75) is 38.8 Å². The van der Waals surface area contributed by atoms with Crippen LogP contribution in [0.15, 0.2) is 23.7 Å². The molecule has 152 valence electrons. The van der Waals surface area contributed by atoms with Gasteiger partial charge in [0.1, 0.15) is 0 Å². The van der Waals surface area contributed by atoms with E-state index in [1.807, 2.05) is 15.8 Å². The van der Waals surface area contributed by atoms with Gasteiger partial charge < -0.3 is 9.80 Å². The summed E-state index contributed by atoms with van der Waals surface area (Å²) < 4.78 is 1.82. The zero-order chi connectivity index (χ0) is 19.2. The van der Waals surface area contributed by atoms with E-state index in [-0.39, 0.29) is 5.91 Å². The van der Waals surface area contributed by atoms with Crippen LogP contribution in [0.1, 0.15) is 41.0 Å². The first-order valence-electron chi connectivity index (χ1n) is 10.4. The molecule has 0 atom stereocenters. The smallest absolute Gasteiger partial charge is 0.276 e. The van der Waals surface area contributed by atoms with Crippen molar-refractivity contribution in [2.75, 3.05) is 45.8 Å². The zero-order valence-corrected chi connectivity index (χ0v) is 17.3. The van der Waals surface area contributed by atoms with Gasteiger partial charge in [-0.25, -0.2) is 0 Å². The summed E-state index contributed by atoms with van der Waals surface area (Å²) in [5, 5.41) is 10.5. The molecule has 0 aliphatic carbocycles. The topological polar surface area (TPSA) is 57.5 Å². The number of aromatic nitrogens is 3. The van der Waals surface area contributed by atoms with Crippen molar-refractivity contribution in [1.29, 1.82) is 0 Å². The fourth-order valence-electron chi connectivity index (χ4n) is 4.05. The van der Waals surface area contributed by atoms with Crippen LogP contribution in [0.3, 0.4) is 0 Å². The van der Waals surface area contributed by atoms with Gasteiger partial charge in [-0.05, 0) is 43.8 Å². The van der Waals surface area contributed by atoms with Gasteiger partial charge in [0.25, 0.3) is 5.91 Å². The molecule has 8 heteroatoms. The van der Waals surface area contributed by atoms with E-state index < -0.39 is 0 Å². The van der Waals surface area contributed by atoms with Crippen molar-refractivity contribution in [3.05, 3.63) is 34.3 Å². The average molecular weight is 403 g/mol. The summed E-state index contributed by atoms with van der Waals surface area (Å²) >= 11 is 1.80. The SMILES string of the molecule is O=C(c1cn(CCN2CCCCC2)nn1)N1CCCN(Cc2cccs2)CC1. The van der Waals surface area contributed by atoms with Gasteiger partial charge in [0.15, 0.2) is 5.69 Å². The molecule has 4 heterocycles. The standard InChI is InChI=1S/C20H30N6OS/c27-20(19-17-26(22-21-19)14-12-23-7-2-1-3-8-23)25-10-5-9-24(11-13-25)16-18-6-4-15-28-18/h4,6,15,17H,1-3,5,7-14,16H2. The van der Waals surface area contributed by atoms with Crippen LogP contribution in [-0.2, 0) is 13.1 Å². The van der Waals surface area contributed by atoms with E-state index >= 15 is 0 Å². The lowest BCUT2D eigenvalue weighted by Gasteiger charge is -2.25. The minimum Gasteiger partial charge on any atom is -0.336 e. The van der Waals surface area contributed by atoms with Gasteiger partial charge in [-0.15, -0.1) is 16.4 Å². The van der Waals surface area contributed by atoms with Crippen LogP contribution in [0.4, 0.5) is 0 Å². The lowest BCUT2D eigenvalue weighted by molar-refractivity contribution is 0.0755. The van der Waals surface area contributed by atoms with Crippen molar-refractivity contribution in [2.24, 2.45) is 0 Å². The van der Waals surface area contributed by atoms with Crippen molar-refractivity contribution in [3.63, 3.8) is 0 Å². The molecule has 2 aliphatic heterocycles. The zero-order valence-electron chi connectivity index (χ0n) is 16.5. The van der Waals surface area contributed by atoms with Crippen LogP contribution in [0.2, 0.25) is 0 Å². The third kappa shape index (κ3) is 5.18. The molecule has 0 bridgehead atoms. The lowest BCUT2D eigenvalue weighted by Crippen LogP contribution is -2.35. The number of nitrogens with zero attached hydrogens (tertiary/aromatic N) is 6. The number of carbonyl (C=O) groups is 1. The Balaban J connectivity index is 1.27. The van der Waals surface area contributed by atoms with E-state index in [2.05, 4.69) is 37.6 Å². The summed E-state index contributed by atoms with van der Waals surface area (Å²) in [4.78, 5) is 21.1. The van der Waals surface area contributed by atoms with Crippen LogP contribution in [0, 0.1) is 0 Å². The molecule has 28 heavy (non-hydrogen) atoms. The van der Waals surface area contributed by atoms with Crippen molar-refractivity contribution in [3.8, 4) is 0 Å². The number of hydrogen-bond acceptors (Lipinski definition) is 6. The monoisotopic (exact) mass is 402 g/mol. The Labute approximate surface area is 170 Å². The molecule has 0 unspecified atom stereocenters. The van der Waals surface area contributed by atoms with Gasteiger partial charge in [-0.1, -0.05) is 17.7 Å². The summed E-state index contributed by atoms with van der Waals surface area (Å²) in [6, 6.07) is 4.28. The highest BCUT2D eigenvalue weighted by Crippen LogP contribution is 2.15. The molecule has 0 radical (unpaired) electrons. The highest BCUT2D eigenvalue weighted by atomic mass is 32.1. The van der Waals surface area contributed by atoms with E-state index in [1.165, 1.54) is 37.2 Å². The second-order valence-electron chi connectivity index (χ2n) is 7.77. The van der Waals surface area contributed by atoms with Gasteiger partial charge in [-0.3, -0.25) is 14.4 Å². The number of likely N-dealkylation sites (tertiary alicyclic amines) is 1. The molecule has 2 saturated heterocycles. The van der Waals surface area contributed by atoms with E-state index in [0.29, 0.717) is 5.69 Å². The first-order valence-corrected chi connectivity index (χ1v) is 11.3. The first-order chi connectivity index (χ1) is 13.8. The van der Waals surface area contributed by atoms with Crippen LogP contribution in [0.5, 0.6) is 0 Å². The predicted molar refractivity (Wildman–Crippen MR) is 110 cm³/mol. The number of piperidine rings is 1. The third-order valence-corrected chi connectivity index (χ3v) is 6.55. The molecule has 2 aromatic heterocycles. The van der Waals surface area contributed by atoms with Crippen LogP contribution < -0.4 is 0 Å². The molecule has 2 fully saturated rings. The molecule has 4 rings (SSSR count). The van der Waals surface area contributed by atoms with Gasteiger partial charge in [0.05, 0.1) is 12.7 Å². The van der Waals surface area contributed by atoms with Crippen LogP contribution >= 0.6 is 11.3 Å². The van der Waals surface area contributed by atoms with E-state index in [9.17, 15) is 4.79 Å². The minimum atomic E-state index is 0.0159. The fraction of sp³-hybridized carbons (Fsp3) is 0.650. The van der Waals surface area contributed by atoms with Crippen LogP contribution in [-0.4, -0.2) is 81.4 Å². The molecule has 0 aromatic carbocycles. The Morgan fingerprint density at radius 1 is 0.964 bits per heavy atom. The molecule has 7 nitrogen and oxygen atoms in total. The predicted octanol–water partition coefficient (Wildman–Crippen LogP) is 2.17. The molecule has 1 amide bonds. The number of rotatable bonds is 6. The van der Waals surface area contributed by atoms with Crippen molar-refractivity contribution in [1.82, 2.24) is 29.7 Å². The summed E-state index contributed by atoms with van der Waals surface area (Å²) in [5.41, 5.74) is 0.477. The first kappa shape index (κ1) is 19.5. The van der Waals surface area contributed by atoms with Crippen molar-refractivity contribution < 1.29 is 4.79 Å². The molecule has 0 saturated carbocycles. The Hall–Kier alpha value is -1.77. The molecule has 2 aromatic rings. The van der Waals surface area contributed by atoms with Gasteiger partial charge in [0, 0.05) is 44.1 Å². The molecular weight excluding hydrogens is 372 g/mol. The lowest BCUT2D eigenvalue weighted by atomic mass is 10.1. The molecule has 0 spiro atoms. The average Bonchev–Trinajstić information content (AvgIpc) is 3.35. The molecule has 2 aliphatic rings. The van der Waals surface area contributed by atoms with E-state index in [4.69, 9.17) is 0 Å². The maximum atomic E-state index is 12.9. The highest BCUT2D eigenvalue weighted by molar-refractivity contribution is 7.09. The normalized spacial score (nSPS) is 19.6. The second kappa shape index (κ2) is 9.62. The number of amides is 1. The third-order valence-electron chi connectivity index (χ3n) is 5.69. The Morgan fingerprint density at radius 2 is 1.82 bits per heavy atom. The molecular formula is C20H30N6OS. The van der Waals surface area contributed by atoms with Gasteiger partial charge in [-0.2, -0.15) is 0 Å². The van der Waals surface area contributed by atoms with Crippen LogP contribution in [0.25, 0.3) is 0 Å². The second-order valence-corrected chi connectivity index (χ2v) is 8.80. The quantitative estimate of drug-likeness (QED) is 0.741. The molecule has 0 N–H and O–H groups in total. The van der Waals surface area contributed by atoms with Gasteiger partial charge >= 0.3 is 0 Å². The fourth-order valence-corrected chi connectivity index (χ4v) is 4.80. The Morgan fingerprint density at radius 3 is 2.64 bits per heavy atom. The summed E-state index contributed by atoms with van der Waals surface area (Å²) in [6.45, 7) is 8.61. The van der Waals surface area contributed by atoms with Gasteiger partial charge in [0.2, 0.25) is 0 Å². The number of hydrogen-bond donors (Lipinski definition) is 0. The minimum absolute atomic E-state index is 0.0159. The van der Waals surface area contributed by atoms with E-state index in [0.717, 1.165) is 52.2 Å². The maximum Gasteiger partial charge on any atom is 0.276 e. The number of carbonyl (C=O) groups excluding carboxylic acids is 1. The highest BCUT2D eigenvalue weighted by Gasteiger charge is 2.23. The largest absolute Gasteiger partial charge is 0.336 e. The summed E-state index contributed by atoms with van der Waals surface area (Å²) in [5.74, 6) is 0.0159. The van der Waals surface area contributed by atoms with Crippen molar-refractivity contribution >= 4 is 17.2 Å². The Bertz CT molecular complexity index is 740. The Kier molecular flexibility index (Phi) is 6.72. The summed E-state index contributed by atoms with van der Waals surface area (Å²) in [6.07, 6.45) is 6.75. The summed E-state index contributed by atoms with van der Waals surface area (Å²) in [7, 11) is 0.